The number of aromatic nitrogens is 4. The van der Waals surface area contributed by atoms with Gasteiger partial charge in [-0.15, -0.1) is 0 Å². The van der Waals surface area contributed by atoms with E-state index in [2.05, 4.69) is 20.3 Å². The molecule has 1 amide bonds. The van der Waals surface area contributed by atoms with Gasteiger partial charge in [0.2, 0.25) is 11.8 Å². The maximum atomic E-state index is 12.4. The molecular weight excluding hydrogens is 366 g/mol. The topological polar surface area (TPSA) is 81.9 Å². The second kappa shape index (κ2) is 8.43. The molecule has 7 nitrogen and oxygen atoms in total. The zero-order valence-electron chi connectivity index (χ0n) is 16.8. The highest BCUT2D eigenvalue weighted by atomic mass is 16.5. The summed E-state index contributed by atoms with van der Waals surface area (Å²) in [5.74, 6) is 2.03. The van der Waals surface area contributed by atoms with Crippen molar-refractivity contribution in [2.24, 2.45) is 5.92 Å². The van der Waals surface area contributed by atoms with Gasteiger partial charge in [-0.3, -0.25) is 9.36 Å². The van der Waals surface area contributed by atoms with Crippen LogP contribution in [0, 0.1) is 19.8 Å². The van der Waals surface area contributed by atoms with Crippen molar-refractivity contribution in [2.75, 3.05) is 5.32 Å². The van der Waals surface area contributed by atoms with E-state index in [1.54, 1.807) is 12.4 Å². The number of benzene rings is 1. The van der Waals surface area contributed by atoms with Crippen LogP contribution in [0.1, 0.15) is 43.5 Å². The van der Waals surface area contributed by atoms with Crippen LogP contribution in [0.3, 0.4) is 0 Å². The molecule has 150 valence electrons. The predicted molar refractivity (Wildman–Crippen MR) is 110 cm³/mol. The molecule has 2 heterocycles. The molecule has 0 spiro atoms. The molecule has 3 aromatic rings. The smallest absolute Gasteiger partial charge is 0.227 e. The zero-order valence-corrected chi connectivity index (χ0v) is 16.8. The Morgan fingerprint density at radius 2 is 1.83 bits per heavy atom. The number of nitrogens with zero attached hydrogens (tertiary/aromatic N) is 4. The van der Waals surface area contributed by atoms with E-state index in [1.165, 1.54) is 12.7 Å². The monoisotopic (exact) mass is 391 g/mol. The number of nitrogens with one attached hydrogen (secondary N) is 1. The van der Waals surface area contributed by atoms with Gasteiger partial charge in [0.15, 0.2) is 0 Å². The fourth-order valence-electron chi connectivity index (χ4n) is 3.58. The van der Waals surface area contributed by atoms with E-state index in [1.807, 2.05) is 42.7 Å². The van der Waals surface area contributed by atoms with E-state index in [0.717, 1.165) is 42.8 Å². The quantitative estimate of drug-likeness (QED) is 0.688. The highest BCUT2D eigenvalue weighted by Crippen LogP contribution is 2.26. The summed E-state index contributed by atoms with van der Waals surface area (Å²) in [6, 6.07) is 9.12. The molecule has 1 N–H and O–H groups in total. The van der Waals surface area contributed by atoms with Gasteiger partial charge >= 0.3 is 0 Å². The summed E-state index contributed by atoms with van der Waals surface area (Å²) in [6.07, 6.45) is 8.70. The van der Waals surface area contributed by atoms with Gasteiger partial charge in [-0.25, -0.2) is 15.0 Å². The summed E-state index contributed by atoms with van der Waals surface area (Å²) in [6.45, 7) is 3.95. The maximum Gasteiger partial charge on any atom is 0.227 e. The highest BCUT2D eigenvalue weighted by Gasteiger charge is 2.21. The number of imidazole rings is 1. The summed E-state index contributed by atoms with van der Waals surface area (Å²) in [4.78, 5) is 25.2. The number of carbonyl (C=O) groups is 1. The van der Waals surface area contributed by atoms with E-state index < -0.39 is 0 Å². The summed E-state index contributed by atoms with van der Waals surface area (Å²) in [5, 5.41) is 3.01. The van der Waals surface area contributed by atoms with E-state index in [9.17, 15) is 4.79 Å². The molecule has 1 fully saturated rings. The molecule has 1 saturated carbocycles. The number of amides is 1. The molecule has 0 bridgehead atoms. The summed E-state index contributed by atoms with van der Waals surface area (Å²) >= 11 is 0. The maximum absolute atomic E-state index is 12.4. The highest BCUT2D eigenvalue weighted by molar-refractivity contribution is 5.92. The molecule has 1 aliphatic carbocycles. The summed E-state index contributed by atoms with van der Waals surface area (Å²) in [7, 11) is 0. The lowest BCUT2D eigenvalue weighted by atomic mass is 9.88. The van der Waals surface area contributed by atoms with Crippen LogP contribution < -0.4 is 10.1 Å². The Balaban J connectivity index is 1.42. The molecule has 0 atom stereocenters. The molecule has 29 heavy (non-hydrogen) atoms. The third-order valence-electron chi connectivity index (χ3n) is 5.45. The van der Waals surface area contributed by atoms with Gasteiger partial charge in [-0.05, 0) is 51.0 Å². The first-order chi connectivity index (χ1) is 14.1. The number of rotatable bonds is 5. The Bertz CT molecular complexity index is 991. The molecule has 2 aromatic heterocycles. The second-order valence-corrected chi connectivity index (χ2v) is 7.45. The SMILES string of the molecule is Cc1ncn(-c2cc(Oc3ccc(NC(=O)C4CCCCC4)cc3)ncn2)c1C. The number of aryl methyl sites for hydroxylation is 1. The molecule has 7 heteroatoms. The van der Waals surface area contributed by atoms with Crippen LogP contribution in [-0.4, -0.2) is 25.4 Å². The van der Waals surface area contributed by atoms with Gasteiger partial charge < -0.3 is 10.1 Å². The number of carbonyl (C=O) groups excluding carboxylic acids is 1. The van der Waals surface area contributed by atoms with Crippen LogP contribution in [0.5, 0.6) is 11.6 Å². The Hall–Kier alpha value is -3.22. The lowest BCUT2D eigenvalue weighted by Crippen LogP contribution is -2.24. The third kappa shape index (κ3) is 4.45. The molecule has 0 aliphatic heterocycles. The van der Waals surface area contributed by atoms with Gasteiger partial charge in [-0.2, -0.15) is 0 Å². The molecule has 4 rings (SSSR count). The molecular formula is C22H25N5O2. The molecule has 0 saturated heterocycles. The average molecular weight is 391 g/mol. The normalized spacial score (nSPS) is 14.6. The zero-order chi connectivity index (χ0) is 20.2. The van der Waals surface area contributed by atoms with E-state index in [0.29, 0.717) is 17.4 Å². The summed E-state index contributed by atoms with van der Waals surface area (Å²) < 4.78 is 7.76. The van der Waals surface area contributed by atoms with Gasteiger partial charge in [0.1, 0.15) is 24.2 Å². The van der Waals surface area contributed by atoms with Crippen molar-refractivity contribution in [1.82, 2.24) is 19.5 Å². The van der Waals surface area contributed by atoms with Crippen molar-refractivity contribution in [2.45, 2.75) is 46.0 Å². The fourth-order valence-corrected chi connectivity index (χ4v) is 3.58. The van der Waals surface area contributed by atoms with Crippen molar-refractivity contribution in [3.05, 3.63) is 54.4 Å². The minimum Gasteiger partial charge on any atom is -0.439 e. The molecule has 0 radical (unpaired) electrons. The molecule has 1 aromatic carbocycles. The van der Waals surface area contributed by atoms with E-state index in [4.69, 9.17) is 4.74 Å². The molecule has 1 aliphatic rings. The van der Waals surface area contributed by atoms with Gasteiger partial charge in [0.25, 0.3) is 0 Å². The fraction of sp³-hybridized carbons (Fsp3) is 0.364. The second-order valence-electron chi connectivity index (χ2n) is 7.45. The number of ether oxygens (including phenoxy) is 1. The minimum absolute atomic E-state index is 0.116. The average Bonchev–Trinajstić information content (AvgIpc) is 3.09. The Morgan fingerprint density at radius 1 is 1.07 bits per heavy atom. The largest absolute Gasteiger partial charge is 0.439 e. The summed E-state index contributed by atoms with van der Waals surface area (Å²) in [5.41, 5.74) is 2.76. The number of hydrogen-bond donors (Lipinski definition) is 1. The number of hydrogen-bond acceptors (Lipinski definition) is 5. The van der Waals surface area contributed by atoms with Crippen LogP contribution in [0.15, 0.2) is 43.0 Å². The standard InChI is InChI=1S/C22H25N5O2/c1-15-16(2)27(14-25-15)20-12-21(24-13-23-20)29-19-10-8-18(9-11-19)26-22(28)17-6-4-3-5-7-17/h8-14,17H,3-7H2,1-2H3,(H,26,28). The van der Waals surface area contributed by atoms with Crippen LogP contribution in [0.25, 0.3) is 5.82 Å². The van der Waals surface area contributed by atoms with Crippen molar-refractivity contribution in [1.29, 1.82) is 0 Å². The van der Waals surface area contributed by atoms with Crippen molar-refractivity contribution in [3.8, 4) is 17.4 Å². The lowest BCUT2D eigenvalue weighted by molar-refractivity contribution is -0.120. The third-order valence-corrected chi connectivity index (χ3v) is 5.45. The van der Waals surface area contributed by atoms with Gasteiger partial charge in [0.05, 0.1) is 5.69 Å². The van der Waals surface area contributed by atoms with Gasteiger partial charge in [-0.1, -0.05) is 19.3 Å². The molecule has 0 unspecified atom stereocenters. The van der Waals surface area contributed by atoms with E-state index >= 15 is 0 Å². The van der Waals surface area contributed by atoms with Crippen LogP contribution in [0.4, 0.5) is 5.69 Å². The first kappa shape index (κ1) is 19.1. The van der Waals surface area contributed by atoms with Crippen molar-refractivity contribution >= 4 is 11.6 Å². The minimum atomic E-state index is 0.116. The first-order valence-corrected chi connectivity index (χ1v) is 10.0. The Morgan fingerprint density at radius 3 is 2.52 bits per heavy atom. The van der Waals surface area contributed by atoms with Crippen LogP contribution in [0.2, 0.25) is 0 Å². The van der Waals surface area contributed by atoms with Gasteiger partial charge in [0, 0.05) is 23.4 Å². The van der Waals surface area contributed by atoms with Crippen LogP contribution >= 0.6 is 0 Å². The predicted octanol–water partition coefficient (Wildman–Crippen LogP) is 4.59. The Labute approximate surface area is 170 Å². The Kier molecular flexibility index (Phi) is 5.55. The van der Waals surface area contributed by atoms with Crippen LogP contribution in [-0.2, 0) is 4.79 Å². The number of anilines is 1. The van der Waals surface area contributed by atoms with Crippen molar-refractivity contribution in [3.63, 3.8) is 0 Å². The first-order valence-electron chi connectivity index (χ1n) is 10.0. The lowest BCUT2D eigenvalue weighted by Gasteiger charge is -2.20. The van der Waals surface area contributed by atoms with E-state index in [-0.39, 0.29) is 11.8 Å². The van der Waals surface area contributed by atoms with Crippen molar-refractivity contribution < 1.29 is 9.53 Å².